The minimum absolute atomic E-state index is 0.0145. The number of aliphatic hydroxyl groups is 1. The molecule has 9 nitrogen and oxygen atoms in total. The zero-order valence-corrected chi connectivity index (χ0v) is 25.0. The molecular weight excluding hydrogens is 625 g/mol. The lowest BCUT2D eigenvalue weighted by Gasteiger charge is -2.32. The Bertz CT molecular complexity index is 1700. The summed E-state index contributed by atoms with van der Waals surface area (Å²) in [5, 5.41) is 16.4. The second-order valence-corrected chi connectivity index (χ2v) is 14.8. The van der Waals surface area contributed by atoms with Gasteiger partial charge >= 0.3 is 6.55 Å². The summed E-state index contributed by atoms with van der Waals surface area (Å²) in [6.07, 6.45) is 5.09. The molecule has 1 saturated heterocycles. The van der Waals surface area contributed by atoms with Crippen molar-refractivity contribution in [3.05, 3.63) is 74.8 Å². The van der Waals surface area contributed by atoms with Crippen LogP contribution in [0.5, 0.6) is 0 Å². The predicted molar refractivity (Wildman–Crippen MR) is 156 cm³/mol. The van der Waals surface area contributed by atoms with Crippen molar-refractivity contribution in [3.8, 4) is 0 Å². The van der Waals surface area contributed by atoms with Crippen LogP contribution in [0.25, 0.3) is 5.57 Å². The van der Waals surface area contributed by atoms with Crippen molar-refractivity contribution < 1.29 is 26.7 Å². The van der Waals surface area contributed by atoms with Gasteiger partial charge in [-0.2, -0.15) is 13.9 Å². The molecule has 2 saturated carbocycles. The van der Waals surface area contributed by atoms with E-state index in [2.05, 4.69) is 14.8 Å². The van der Waals surface area contributed by atoms with E-state index in [9.17, 15) is 26.7 Å². The van der Waals surface area contributed by atoms with Crippen LogP contribution in [0.3, 0.4) is 0 Å². The van der Waals surface area contributed by atoms with E-state index >= 15 is 0 Å². The van der Waals surface area contributed by atoms with Crippen LogP contribution < -0.4 is 4.72 Å². The molecule has 0 spiro atoms. The quantitative estimate of drug-likeness (QED) is 0.372. The lowest BCUT2D eigenvalue weighted by molar-refractivity contribution is 0.0564. The summed E-state index contributed by atoms with van der Waals surface area (Å²) in [6.45, 7) is -2.63. The highest BCUT2D eigenvalue weighted by Crippen LogP contribution is 2.47. The number of amidine groups is 1. The van der Waals surface area contributed by atoms with Crippen molar-refractivity contribution in [2.75, 3.05) is 6.54 Å². The number of alkyl halides is 2. The predicted octanol–water partition coefficient (Wildman–Crippen LogP) is 4.98. The molecule has 7 rings (SSSR count). The third-order valence-electron chi connectivity index (χ3n) is 9.00. The monoisotopic (exact) mass is 652 g/mol. The van der Waals surface area contributed by atoms with Gasteiger partial charge in [-0.05, 0) is 55.7 Å². The first kappa shape index (κ1) is 29.0. The molecule has 2 N–H and O–H groups in total. The van der Waals surface area contributed by atoms with Gasteiger partial charge in [-0.25, -0.2) is 27.2 Å². The van der Waals surface area contributed by atoms with Gasteiger partial charge in [0.1, 0.15) is 11.9 Å². The van der Waals surface area contributed by atoms with Crippen LogP contribution in [0.4, 0.5) is 13.2 Å². The van der Waals surface area contributed by atoms with Crippen LogP contribution >= 0.6 is 22.9 Å². The number of aliphatic imine (C=N–C) groups is 1. The zero-order valence-electron chi connectivity index (χ0n) is 22.7. The number of rotatable bonds is 7. The Labute approximate surface area is 255 Å². The Morgan fingerprint density at radius 1 is 1.16 bits per heavy atom. The van der Waals surface area contributed by atoms with E-state index in [0.717, 1.165) is 12.8 Å². The molecule has 4 aliphatic rings. The van der Waals surface area contributed by atoms with Gasteiger partial charge in [-0.1, -0.05) is 17.7 Å². The molecule has 15 heteroatoms. The number of thiazole rings is 1. The number of aliphatic hydroxyl groups excluding tert-OH is 1. The van der Waals surface area contributed by atoms with Gasteiger partial charge in [-0.15, -0.1) is 11.3 Å². The molecule has 0 amide bonds. The Hall–Kier alpha value is -2.78. The smallest absolute Gasteiger partial charge is 0.333 e. The number of sulfonamides is 1. The van der Waals surface area contributed by atoms with Crippen LogP contribution in [0.2, 0.25) is 5.02 Å². The Morgan fingerprint density at radius 2 is 1.93 bits per heavy atom. The lowest BCUT2D eigenvalue weighted by atomic mass is 9.86. The Morgan fingerprint density at radius 3 is 2.58 bits per heavy atom. The van der Waals surface area contributed by atoms with Crippen molar-refractivity contribution in [2.24, 2.45) is 16.8 Å². The second kappa shape index (κ2) is 11.0. The van der Waals surface area contributed by atoms with Gasteiger partial charge in [0, 0.05) is 58.6 Å². The largest absolute Gasteiger partial charge is 0.393 e. The lowest BCUT2D eigenvalue weighted by Crippen LogP contribution is -2.46. The highest BCUT2D eigenvalue weighted by molar-refractivity contribution is 7.90. The fraction of sp³-hybridized carbons (Fsp3) is 0.464. The first-order chi connectivity index (χ1) is 20.6. The minimum atomic E-state index is -3.74. The van der Waals surface area contributed by atoms with Crippen LogP contribution in [0.15, 0.2) is 52.7 Å². The molecule has 0 radical (unpaired) electrons. The molecule has 4 atom stereocenters. The number of fused-ring (bicyclic) bond motifs is 3. The van der Waals surface area contributed by atoms with Crippen molar-refractivity contribution in [1.82, 2.24) is 24.4 Å². The van der Waals surface area contributed by atoms with Crippen LogP contribution in [0, 0.1) is 17.7 Å². The minimum Gasteiger partial charge on any atom is -0.393 e. The van der Waals surface area contributed by atoms with Crippen molar-refractivity contribution >= 4 is 44.4 Å². The van der Waals surface area contributed by atoms with Gasteiger partial charge in [0.05, 0.1) is 17.0 Å². The number of nitrogens with zero attached hydrogens (tertiary/aromatic N) is 5. The number of nitrogens with one attached hydrogen (secondary N) is 1. The van der Waals surface area contributed by atoms with E-state index in [1.54, 1.807) is 11.6 Å². The fourth-order valence-electron chi connectivity index (χ4n) is 7.06. The van der Waals surface area contributed by atoms with Gasteiger partial charge in [0.15, 0.2) is 10.8 Å². The molecule has 2 bridgehead atoms. The van der Waals surface area contributed by atoms with E-state index in [1.807, 2.05) is 4.90 Å². The average molecular weight is 653 g/mol. The fourth-order valence-corrected chi connectivity index (χ4v) is 9.78. The molecule has 2 aliphatic carbocycles. The van der Waals surface area contributed by atoms with Gasteiger partial charge in [0.25, 0.3) is 0 Å². The van der Waals surface area contributed by atoms with Crippen molar-refractivity contribution in [3.63, 3.8) is 0 Å². The van der Waals surface area contributed by atoms with E-state index < -0.39 is 45.8 Å². The maximum absolute atomic E-state index is 14.1. The molecule has 2 unspecified atom stereocenters. The second-order valence-electron chi connectivity index (χ2n) is 11.5. The van der Waals surface area contributed by atoms with Crippen LogP contribution in [0.1, 0.15) is 61.0 Å². The maximum atomic E-state index is 14.1. The van der Waals surface area contributed by atoms with Crippen molar-refractivity contribution in [1.29, 1.82) is 0 Å². The first-order valence-corrected chi connectivity index (χ1v) is 16.9. The summed E-state index contributed by atoms with van der Waals surface area (Å²) in [6, 6.07) is 4.00. The molecule has 43 heavy (non-hydrogen) atoms. The van der Waals surface area contributed by atoms with Gasteiger partial charge in [-0.3, -0.25) is 4.99 Å². The van der Waals surface area contributed by atoms with E-state index in [-0.39, 0.29) is 35.5 Å². The number of hydrogen-bond acceptors (Lipinski definition) is 8. The maximum Gasteiger partial charge on any atom is 0.333 e. The summed E-state index contributed by atoms with van der Waals surface area (Å²) in [5.74, 6) is -0.0860. The first-order valence-electron chi connectivity index (χ1n) is 14.0. The molecule has 3 fully saturated rings. The molecule has 228 valence electrons. The van der Waals surface area contributed by atoms with Crippen molar-refractivity contribution in [2.45, 2.75) is 62.1 Å². The standard InChI is InChI=1S/C28H28ClF3N6O3S2/c29-20-11-16(30)3-4-19(20)24-23(21-5-7-38(35-21)28(31)32)22-12-17(13-37(22)26(34-24)27-33-6-8-42-27)36-43(40,41)18-9-14-1-2-15(10-18)25(14)39/h3-8,11,14-15,17-18,24-25,28,36,39H,1-2,9-10,12-13H2/t14?,15?,17-,18-,24-,25-/m0/s1. The number of halogens is 4. The summed E-state index contributed by atoms with van der Waals surface area (Å²) >= 11 is 7.87. The molecule has 3 aromatic rings. The third-order valence-corrected chi connectivity index (χ3v) is 12.0. The molecular formula is C28H28ClF3N6O3S2. The molecule has 2 aromatic heterocycles. The van der Waals surface area contributed by atoms with Crippen LogP contribution in [-0.2, 0) is 10.0 Å². The number of benzene rings is 1. The van der Waals surface area contributed by atoms with Crippen LogP contribution in [-0.4, -0.2) is 63.0 Å². The zero-order chi connectivity index (χ0) is 30.0. The SMILES string of the molecule is O=S(=O)(N[C@H]1CC2=C(c3ccn(C(F)F)n3)[C@H](c3ccc(F)cc3Cl)N=C(c3nccs3)N2C1)[C@H]1CC2CCC(C1)[C@H]2O. The number of hydrogen-bond donors (Lipinski definition) is 2. The van der Waals surface area contributed by atoms with E-state index in [1.165, 1.54) is 41.8 Å². The number of aromatic nitrogens is 3. The van der Waals surface area contributed by atoms with Gasteiger partial charge in [0.2, 0.25) is 10.0 Å². The van der Waals surface area contributed by atoms with E-state index in [4.69, 9.17) is 16.6 Å². The third kappa shape index (κ3) is 5.20. The molecule has 2 aliphatic heterocycles. The molecule has 4 heterocycles. The molecule has 1 aromatic carbocycles. The Balaban J connectivity index is 1.30. The van der Waals surface area contributed by atoms with E-state index in [0.29, 0.717) is 45.2 Å². The summed E-state index contributed by atoms with van der Waals surface area (Å²) in [7, 11) is -3.74. The highest BCUT2D eigenvalue weighted by Gasteiger charge is 2.47. The van der Waals surface area contributed by atoms with Gasteiger partial charge < -0.3 is 10.0 Å². The summed E-state index contributed by atoms with van der Waals surface area (Å²) < 4.78 is 72.0. The normalized spacial score (nSPS) is 29.0. The summed E-state index contributed by atoms with van der Waals surface area (Å²) in [5.41, 5.74) is 1.81. The summed E-state index contributed by atoms with van der Waals surface area (Å²) in [4.78, 5) is 11.3. The highest BCUT2D eigenvalue weighted by atomic mass is 35.5. The topological polar surface area (TPSA) is 113 Å². The average Bonchev–Trinajstić information content (AvgIpc) is 3.75. The Kier molecular flexibility index (Phi) is 7.40.